The zero-order valence-corrected chi connectivity index (χ0v) is 13.7. The molecule has 0 radical (unpaired) electrons. The van der Waals surface area contributed by atoms with E-state index in [1.807, 2.05) is 0 Å². The Hall–Kier alpha value is -2.15. The molecule has 0 saturated carbocycles. The lowest BCUT2D eigenvalue weighted by Gasteiger charge is -2.21. The topological polar surface area (TPSA) is 109 Å². The molecule has 7 heteroatoms. The van der Waals surface area contributed by atoms with Gasteiger partial charge in [0.25, 0.3) is 5.91 Å². The second-order valence-electron chi connectivity index (χ2n) is 5.63. The summed E-state index contributed by atoms with van der Waals surface area (Å²) in [7, 11) is 0. The van der Waals surface area contributed by atoms with Gasteiger partial charge in [0.1, 0.15) is 5.00 Å². The number of amides is 2. The fourth-order valence-corrected chi connectivity index (χ4v) is 4.33. The van der Waals surface area contributed by atoms with Crippen molar-refractivity contribution in [3.05, 3.63) is 28.2 Å². The Morgan fingerprint density at radius 2 is 2.13 bits per heavy atom. The quantitative estimate of drug-likeness (QED) is 0.693. The summed E-state index contributed by atoms with van der Waals surface area (Å²) in [5, 5.41) is 11.5. The van der Waals surface area contributed by atoms with E-state index in [2.05, 4.69) is 12.2 Å². The molecule has 1 aromatic rings. The molecule has 124 valence electrons. The fraction of sp³-hybridized carbons (Fsp3) is 0.438. The van der Waals surface area contributed by atoms with Gasteiger partial charge < -0.3 is 16.2 Å². The maximum atomic E-state index is 11.8. The second kappa shape index (κ2) is 7.41. The van der Waals surface area contributed by atoms with E-state index in [1.54, 1.807) is 0 Å². The van der Waals surface area contributed by atoms with Crippen molar-refractivity contribution < 1.29 is 19.5 Å². The van der Waals surface area contributed by atoms with Gasteiger partial charge in [-0.05, 0) is 30.7 Å². The zero-order chi connectivity index (χ0) is 17.0. The molecule has 0 aromatic carbocycles. The predicted octanol–water partition coefficient (Wildman–Crippen LogP) is 2.33. The first-order valence-corrected chi connectivity index (χ1v) is 8.40. The zero-order valence-electron chi connectivity index (χ0n) is 12.9. The van der Waals surface area contributed by atoms with Gasteiger partial charge in [-0.25, -0.2) is 4.79 Å². The highest BCUT2D eigenvalue weighted by atomic mass is 32.1. The van der Waals surface area contributed by atoms with Gasteiger partial charge in [-0.2, -0.15) is 0 Å². The number of fused-ring (bicyclic) bond motifs is 1. The highest BCUT2D eigenvalue weighted by Gasteiger charge is 2.28. The molecule has 2 amide bonds. The minimum absolute atomic E-state index is 0.372. The molecule has 1 aromatic heterocycles. The Balaban J connectivity index is 2.25. The van der Waals surface area contributed by atoms with Crippen LogP contribution in [0.4, 0.5) is 5.00 Å². The third-order valence-corrected chi connectivity index (χ3v) is 5.09. The van der Waals surface area contributed by atoms with E-state index >= 15 is 0 Å². The second-order valence-corrected chi connectivity index (χ2v) is 6.74. The number of carboxylic acids is 1. The molecule has 1 heterocycles. The van der Waals surface area contributed by atoms with Gasteiger partial charge in [-0.1, -0.05) is 19.8 Å². The van der Waals surface area contributed by atoms with E-state index in [0.717, 1.165) is 54.7 Å². The number of hydrogen-bond donors (Lipinski definition) is 3. The summed E-state index contributed by atoms with van der Waals surface area (Å²) >= 11 is 1.37. The molecule has 0 spiro atoms. The molecule has 1 unspecified atom stereocenters. The van der Waals surface area contributed by atoms with Crippen molar-refractivity contribution in [2.75, 3.05) is 5.32 Å². The molecule has 0 aliphatic heterocycles. The van der Waals surface area contributed by atoms with Crippen molar-refractivity contribution in [3.63, 3.8) is 0 Å². The van der Waals surface area contributed by atoms with E-state index in [9.17, 15) is 14.4 Å². The number of aliphatic carboxylic acids is 1. The molecular weight excluding hydrogens is 316 g/mol. The Morgan fingerprint density at radius 3 is 2.74 bits per heavy atom. The van der Waals surface area contributed by atoms with Gasteiger partial charge in [0.2, 0.25) is 5.91 Å². The van der Waals surface area contributed by atoms with E-state index in [-0.39, 0.29) is 0 Å². The van der Waals surface area contributed by atoms with Crippen molar-refractivity contribution in [3.8, 4) is 0 Å². The maximum Gasteiger partial charge on any atom is 0.328 e. The number of carbonyl (C=O) groups is 3. The van der Waals surface area contributed by atoms with Crippen molar-refractivity contribution in [1.82, 2.24) is 0 Å². The number of nitrogens with one attached hydrogen (secondary N) is 1. The number of carbonyl (C=O) groups excluding carboxylic acids is 2. The molecule has 23 heavy (non-hydrogen) atoms. The number of carboxylic acid groups (broad SMARTS) is 1. The number of thiophene rings is 1. The van der Waals surface area contributed by atoms with Crippen LogP contribution in [-0.4, -0.2) is 22.9 Å². The summed E-state index contributed by atoms with van der Waals surface area (Å²) in [6.45, 7) is 2.15. The Morgan fingerprint density at radius 1 is 1.39 bits per heavy atom. The first-order valence-electron chi connectivity index (χ1n) is 7.58. The Labute approximate surface area is 138 Å². The van der Waals surface area contributed by atoms with Crippen molar-refractivity contribution in [2.24, 2.45) is 11.7 Å². The van der Waals surface area contributed by atoms with Crippen molar-refractivity contribution in [1.29, 1.82) is 0 Å². The minimum atomic E-state index is -1.21. The van der Waals surface area contributed by atoms with Crippen molar-refractivity contribution >= 4 is 34.1 Å². The molecule has 6 nitrogen and oxygen atoms in total. The molecule has 4 N–H and O–H groups in total. The smallest absolute Gasteiger partial charge is 0.328 e. The summed E-state index contributed by atoms with van der Waals surface area (Å²) in [6, 6.07) is 0. The van der Waals surface area contributed by atoms with Gasteiger partial charge in [0.05, 0.1) is 5.56 Å². The Bertz CT molecular complexity index is 663. The fourth-order valence-electron chi connectivity index (χ4n) is 2.96. The summed E-state index contributed by atoms with van der Waals surface area (Å²) in [5.74, 6) is -1.75. The first kappa shape index (κ1) is 17.2. The van der Waals surface area contributed by atoms with E-state index < -0.39 is 17.8 Å². The van der Waals surface area contributed by atoms with Gasteiger partial charge in [-0.3, -0.25) is 9.59 Å². The number of nitrogens with two attached hydrogens (primary N) is 1. The summed E-state index contributed by atoms with van der Waals surface area (Å²) in [5.41, 5.74) is 6.79. The average molecular weight is 336 g/mol. The molecule has 1 atom stereocenters. The molecular formula is C16H20N2O4S. The van der Waals surface area contributed by atoms with Crippen LogP contribution in [-0.2, 0) is 22.4 Å². The highest BCUT2D eigenvalue weighted by Crippen LogP contribution is 2.40. The van der Waals surface area contributed by atoms with Crippen LogP contribution in [0, 0.1) is 5.92 Å². The summed E-state index contributed by atoms with van der Waals surface area (Å²) in [4.78, 5) is 35.1. The van der Waals surface area contributed by atoms with Crippen molar-refractivity contribution in [2.45, 2.75) is 39.0 Å². The monoisotopic (exact) mass is 336 g/mol. The van der Waals surface area contributed by atoms with Gasteiger partial charge >= 0.3 is 5.97 Å². The van der Waals surface area contributed by atoms with Gasteiger partial charge in [0.15, 0.2) is 0 Å². The largest absolute Gasteiger partial charge is 0.478 e. The lowest BCUT2D eigenvalue weighted by atomic mass is 9.84. The SMILES string of the molecule is CCCC1CCc2c(sc(NC(=O)/C=C\C(=O)O)c2C(N)=O)C1. The third-order valence-electron chi connectivity index (χ3n) is 3.92. The number of rotatable bonds is 6. The molecule has 1 aliphatic rings. The standard InChI is InChI=1S/C16H20N2O4S/c1-2-3-9-4-5-10-11(8-9)23-16(14(10)15(17)22)18-12(19)6-7-13(20)21/h6-7,9H,2-5,8H2,1H3,(H2,17,22)(H,18,19)(H,20,21)/b7-6-. The van der Waals surface area contributed by atoms with Crippen LogP contribution in [0.5, 0.6) is 0 Å². The normalized spacial score (nSPS) is 17.0. The van der Waals surface area contributed by atoms with Crippen LogP contribution in [0.15, 0.2) is 12.2 Å². The minimum Gasteiger partial charge on any atom is -0.478 e. The van der Waals surface area contributed by atoms with Gasteiger partial charge in [0, 0.05) is 17.0 Å². The lowest BCUT2D eigenvalue weighted by Crippen LogP contribution is -2.19. The highest BCUT2D eigenvalue weighted by molar-refractivity contribution is 7.17. The maximum absolute atomic E-state index is 11.8. The summed E-state index contributed by atoms with van der Waals surface area (Å²) < 4.78 is 0. The van der Waals surface area contributed by atoms with Crippen LogP contribution in [0.3, 0.4) is 0 Å². The molecule has 0 bridgehead atoms. The summed E-state index contributed by atoms with van der Waals surface area (Å²) in [6.07, 6.45) is 6.65. The Kier molecular flexibility index (Phi) is 5.54. The molecule has 1 aliphatic carbocycles. The van der Waals surface area contributed by atoms with Gasteiger partial charge in [-0.15, -0.1) is 11.3 Å². The number of hydrogen-bond acceptors (Lipinski definition) is 4. The predicted molar refractivity (Wildman–Crippen MR) is 88.7 cm³/mol. The number of anilines is 1. The van der Waals surface area contributed by atoms with Crippen LogP contribution in [0.25, 0.3) is 0 Å². The van der Waals surface area contributed by atoms with E-state index in [4.69, 9.17) is 10.8 Å². The molecule has 0 saturated heterocycles. The molecule has 0 fully saturated rings. The van der Waals surface area contributed by atoms with Crippen LogP contribution < -0.4 is 11.1 Å². The van der Waals surface area contributed by atoms with E-state index in [0.29, 0.717) is 16.5 Å². The lowest BCUT2D eigenvalue weighted by molar-refractivity contribution is -0.131. The van der Waals surface area contributed by atoms with E-state index in [1.165, 1.54) is 11.3 Å². The first-order chi connectivity index (χ1) is 10.9. The average Bonchev–Trinajstić information content (AvgIpc) is 2.82. The number of primary amides is 1. The molecule has 2 rings (SSSR count). The van der Waals surface area contributed by atoms with Crippen LogP contribution in [0.2, 0.25) is 0 Å². The third kappa shape index (κ3) is 4.19. The van der Waals surface area contributed by atoms with Crippen LogP contribution in [0.1, 0.15) is 47.0 Å². The van der Waals surface area contributed by atoms with Crippen LogP contribution >= 0.6 is 11.3 Å².